The zero-order valence-electron chi connectivity index (χ0n) is 21.7. The largest absolute Gasteiger partial charge is 0.471 e. The molecule has 0 bridgehead atoms. The molecular formula is C30H25N7O3. The van der Waals surface area contributed by atoms with Crippen LogP contribution in [0.2, 0.25) is 0 Å². The predicted molar refractivity (Wildman–Crippen MR) is 148 cm³/mol. The van der Waals surface area contributed by atoms with Gasteiger partial charge in [-0.25, -0.2) is 14.5 Å². The molecule has 10 nitrogen and oxygen atoms in total. The van der Waals surface area contributed by atoms with E-state index in [9.17, 15) is 4.79 Å². The van der Waals surface area contributed by atoms with Crippen LogP contribution < -0.4 is 4.74 Å². The van der Waals surface area contributed by atoms with Crippen molar-refractivity contribution in [2.75, 3.05) is 6.61 Å². The summed E-state index contributed by atoms with van der Waals surface area (Å²) in [5, 5.41) is 4.29. The summed E-state index contributed by atoms with van der Waals surface area (Å²) in [6, 6.07) is 23.9. The number of carbonyl (C=O) groups is 1. The zero-order valence-corrected chi connectivity index (χ0v) is 21.7. The number of benzene rings is 2. The molecule has 2 aromatic carbocycles. The van der Waals surface area contributed by atoms with Crippen molar-refractivity contribution in [3.8, 4) is 23.1 Å². The third-order valence-corrected chi connectivity index (χ3v) is 6.20. The highest BCUT2D eigenvalue weighted by Crippen LogP contribution is 2.25. The van der Waals surface area contributed by atoms with Crippen molar-refractivity contribution in [1.29, 1.82) is 0 Å². The van der Waals surface area contributed by atoms with Gasteiger partial charge in [0.1, 0.15) is 6.61 Å². The van der Waals surface area contributed by atoms with Gasteiger partial charge in [-0.15, -0.1) is 0 Å². The van der Waals surface area contributed by atoms with E-state index in [0.717, 1.165) is 22.4 Å². The topological polar surface area (TPSA) is 110 Å². The first kappa shape index (κ1) is 24.9. The van der Waals surface area contributed by atoms with Crippen LogP contribution in [-0.2, 0) is 17.9 Å². The van der Waals surface area contributed by atoms with Crippen molar-refractivity contribution >= 4 is 17.1 Å². The van der Waals surface area contributed by atoms with Crippen molar-refractivity contribution in [2.45, 2.75) is 20.1 Å². The highest BCUT2D eigenvalue weighted by atomic mass is 16.5. The van der Waals surface area contributed by atoms with Gasteiger partial charge in [-0.2, -0.15) is 15.1 Å². The maximum absolute atomic E-state index is 12.2. The van der Waals surface area contributed by atoms with E-state index in [-0.39, 0.29) is 12.6 Å². The Balaban J connectivity index is 1.34. The van der Waals surface area contributed by atoms with Gasteiger partial charge in [-0.1, -0.05) is 60.7 Å². The molecule has 0 saturated carbocycles. The Bertz CT molecular complexity index is 1750. The number of pyridine rings is 1. The van der Waals surface area contributed by atoms with E-state index < -0.39 is 5.97 Å². The quantitative estimate of drug-likeness (QED) is 0.243. The molecule has 0 fully saturated rings. The number of nitrogens with zero attached hydrogens (tertiary/aromatic N) is 7. The Morgan fingerprint density at radius 1 is 0.900 bits per heavy atom. The molecule has 0 amide bonds. The van der Waals surface area contributed by atoms with E-state index in [1.54, 1.807) is 19.4 Å². The minimum atomic E-state index is -0.463. The lowest BCUT2D eigenvalue weighted by Gasteiger charge is -2.10. The highest BCUT2D eigenvalue weighted by molar-refractivity contribution is 5.88. The van der Waals surface area contributed by atoms with Crippen LogP contribution in [0.1, 0.15) is 28.4 Å². The molecule has 0 N–H and O–H groups in total. The van der Waals surface area contributed by atoms with Crippen LogP contribution in [0.25, 0.3) is 28.4 Å². The van der Waals surface area contributed by atoms with Gasteiger partial charge in [-0.05, 0) is 30.2 Å². The Morgan fingerprint density at radius 3 is 2.50 bits per heavy atom. The summed E-state index contributed by atoms with van der Waals surface area (Å²) in [4.78, 5) is 30.6. The van der Waals surface area contributed by atoms with E-state index in [1.807, 2.05) is 65.2 Å². The number of hydrogen-bond donors (Lipinski definition) is 0. The second kappa shape index (κ2) is 11.2. The normalized spacial score (nSPS) is 11.0. The van der Waals surface area contributed by atoms with E-state index in [2.05, 4.69) is 32.2 Å². The van der Waals surface area contributed by atoms with Gasteiger partial charge in [0.05, 0.1) is 36.9 Å². The van der Waals surface area contributed by atoms with Crippen LogP contribution >= 0.6 is 0 Å². The van der Waals surface area contributed by atoms with Gasteiger partial charge in [0.25, 0.3) is 5.95 Å². The fourth-order valence-electron chi connectivity index (χ4n) is 4.22. The number of hydrogen-bond acceptors (Lipinski definition) is 8. The van der Waals surface area contributed by atoms with Gasteiger partial charge >= 0.3 is 5.97 Å². The molecule has 40 heavy (non-hydrogen) atoms. The number of fused-ring (bicyclic) bond motifs is 1. The molecule has 0 radical (unpaired) electrons. The molecule has 4 aromatic heterocycles. The van der Waals surface area contributed by atoms with Crippen molar-refractivity contribution < 1.29 is 14.3 Å². The summed E-state index contributed by atoms with van der Waals surface area (Å²) in [5.41, 5.74) is 5.43. The lowest BCUT2D eigenvalue weighted by atomic mass is 10.1. The first-order valence-electron chi connectivity index (χ1n) is 12.8. The fourth-order valence-corrected chi connectivity index (χ4v) is 4.22. The summed E-state index contributed by atoms with van der Waals surface area (Å²) in [5.74, 6) is 0.106. The van der Waals surface area contributed by atoms with Crippen molar-refractivity contribution in [3.63, 3.8) is 0 Å². The molecule has 6 aromatic rings. The third kappa shape index (κ3) is 5.28. The molecule has 0 aliphatic rings. The molecule has 0 aliphatic carbocycles. The number of imidazole rings is 1. The van der Waals surface area contributed by atoms with Gasteiger partial charge in [-0.3, -0.25) is 4.98 Å². The molecule has 0 atom stereocenters. The minimum Gasteiger partial charge on any atom is -0.471 e. The summed E-state index contributed by atoms with van der Waals surface area (Å²) in [6.07, 6.45) is 6.47. The molecule has 0 aliphatic heterocycles. The maximum Gasteiger partial charge on any atom is 0.341 e. The molecular weight excluding hydrogens is 506 g/mol. The van der Waals surface area contributed by atoms with Crippen LogP contribution in [-0.4, -0.2) is 46.9 Å². The first-order chi connectivity index (χ1) is 19.7. The first-order valence-corrected chi connectivity index (χ1v) is 12.8. The summed E-state index contributed by atoms with van der Waals surface area (Å²) < 4.78 is 14.6. The summed E-state index contributed by atoms with van der Waals surface area (Å²) >= 11 is 0. The molecule has 4 heterocycles. The van der Waals surface area contributed by atoms with Crippen LogP contribution in [0, 0.1) is 0 Å². The smallest absolute Gasteiger partial charge is 0.341 e. The molecule has 0 unspecified atom stereocenters. The van der Waals surface area contributed by atoms with Gasteiger partial charge in [0, 0.05) is 18.0 Å². The van der Waals surface area contributed by atoms with Crippen molar-refractivity contribution in [1.82, 2.24) is 34.3 Å². The average Bonchev–Trinajstić information content (AvgIpc) is 3.66. The van der Waals surface area contributed by atoms with Crippen LogP contribution in [0.5, 0.6) is 5.88 Å². The standard InChI is InChI=1S/C30H25N7O3/c1-2-39-29(38)24-16-33-37(18-24)30-34-27-26(28(35-30)40-19-22-8-4-3-5-9-22)32-20-36(27)17-21-11-13-23(14-12-21)25-10-6-7-15-31-25/h3-16,18,20H,2,17,19H2,1H3. The Labute approximate surface area is 229 Å². The SMILES string of the molecule is CCOC(=O)c1cnn(-c2nc(OCc3ccccc3)c3ncn(Cc4ccc(-c5ccccn5)cc4)c3n2)c1. The van der Waals surface area contributed by atoms with Crippen LogP contribution in [0.4, 0.5) is 0 Å². The molecule has 6 rings (SSSR count). The highest BCUT2D eigenvalue weighted by Gasteiger charge is 2.18. The molecule has 10 heteroatoms. The number of carbonyl (C=O) groups excluding carboxylic acids is 1. The van der Waals surface area contributed by atoms with E-state index in [1.165, 1.54) is 17.1 Å². The summed E-state index contributed by atoms with van der Waals surface area (Å²) in [7, 11) is 0. The lowest BCUT2D eigenvalue weighted by molar-refractivity contribution is 0.0526. The lowest BCUT2D eigenvalue weighted by Crippen LogP contribution is -2.08. The van der Waals surface area contributed by atoms with Crippen LogP contribution in [0.3, 0.4) is 0 Å². The monoisotopic (exact) mass is 531 g/mol. The van der Waals surface area contributed by atoms with Crippen LogP contribution in [0.15, 0.2) is 97.7 Å². The van der Waals surface area contributed by atoms with Gasteiger partial charge in [0.15, 0.2) is 11.2 Å². The Hall–Kier alpha value is -5.38. The van der Waals surface area contributed by atoms with E-state index in [4.69, 9.17) is 14.5 Å². The van der Waals surface area contributed by atoms with Crippen molar-refractivity contribution in [3.05, 3.63) is 114 Å². The molecule has 0 saturated heterocycles. The Morgan fingerprint density at radius 2 is 1.73 bits per heavy atom. The third-order valence-electron chi connectivity index (χ3n) is 6.20. The fraction of sp³-hybridized carbons (Fsp3) is 0.133. The number of aromatic nitrogens is 7. The number of ether oxygens (including phenoxy) is 2. The average molecular weight is 532 g/mol. The number of esters is 1. The maximum atomic E-state index is 12.2. The minimum absolute atomic E-state index is 0.248. The summed E-state index contributed by atoms with van der Waals surface area (Å²) in [6.45, 7) is 2.86. The second-order valence-electron chi connectivity index (χ2n) is 8.95. The van der Waals surface area contributed by atoms with E-state index in [0.29, 0.717) is 35.8 Å². The zero-order chi connectivity index (χ0) is 27.3. The Kier molecular flexibility index (Phi) is 6.95. The van der Waals surface area contributed by atoms with Crippen molar-refractivity contribution in [2.24, 2.45) is 0 Å². The van der Waals surface area contributed by atoms with Gasteiger partial charge < -0.3 is 14.0 Å². The van der Waals surface area contributed by atoms with Gasteiger partial charge in [0.2, 0.25) is 5.88 Å². The molecule has 0 spiro atoms. The van der Waals surface area contributed by atoms with E-state index >= 15 is 0 Å². The number of rotatable bonds is 9. The second-order valence-corrected chi connectivity index (χ2v) is 8.95. The predicted octanol–water partition coefficient (Wildman–Crippen LogP) is 4.88. The molecule has 198 valence electrons.